The number of aliphatic hydroxyl groups excluding tert-OH is 2. The summed E-state index contributed by atoms with van der Waals surface area (Å²) in [7, 11) is 1.75. The normalized spacial score (nSPS) is 27.9. The van der Waals surface area contributed by atoms with Crippen molar-refractivity contribution in [3.8, 4) is 0 Å². The Hall–Kier alpha value is -2.42. The molecule has 1 aliphatic heterocycles. The molecule has 30 heavy (non-hydrogen) atoms. The zero-order chi connectivity index (χ0) is 21.3. The van der Waals surface area contributed by atoms with Crippen molar-refractivity contribution in [2.75, 3.05) is 12.4 Å². The van der Waals surface area contributed by atoms with E-state index in [1.54, 1.807) is 24.1 Å². The van der Waals surface area contributed by atoms with E-state index in [0.717, 1.165) is 5.56 Å². The third-order valence-electron chi connectivity index (χ3n) is 5.54. The molecule has 0 spiro atoms. The molecule has 5 atom stereocenters. The molecule has 3 N–H and O–H groups in total. The summed E-state index contributed by atoms with van der Waals surface area (Å²) < 4.78 is 13.1. The topological polar surface area (TPSA) is 85.2 Å². The Labute approximate surface area is 178 Å². The van der Waals surface area contributed by atoms with Gasteiger partial charge < -0.3 is 20.4 Å². The minimum absolute atomic E-state index is 0.0782. The van der Waals surface area contributed by atoms with Gasteiger partial charge in [-0.2, -0.15) is 0 Å². The molecule has 2 aliphatic rings. The number of rotatable bonds is 4. The van der Waals surface area contributed by atoms with Crippen molar-refractivity contribution in [2.45, 2.75) is 36.5 Å². The van der Waals surface area contributed by atoms with Gasteiger partial charge in [0.25, 0.3) is 0 Å². The molecule has 1 heterocycles. The number of halogens is 1. The minimum atomic E-state index is -1.03. The molecule has 0 radical (unpaired) electrons. The molecule has 158 valence electrons. The number of nitrogens with one attached hydrogen (secondary N) is 1. The van der Waals surface area contributed by atoms with E-state index in [4.69, 9.17) is 0 Å². The molecule has 0 aromatic heterocycles. The van der Waals surface area contributed by atoms with Crippen molar-refractivity contribution in [1.82, 2.24) is 4.90 Å². The summed E-state index contributed by atoms with van der Waals surface area (Å²) in [6.45, 7) is 0.471. The highest BCUT2D eigenvalue weighted by Gasteiger charge is 2.50. The van der Waals surface area contributed by atoms with Gasteiger partial charge in [-0.25, -0.2) is 4.39 Å². The van der Waals surface area contributed by atoms with Crippen LogP contribution >= 0.6 is 11.8 Å². The number of fused-ring (bicyclic) bond motifs is 1. The van der Waals surface area contributed by atoms with Crippen LogP contribution in [0, 0.1) is 11.7 Å². The Morgan fingerprint density at radius 2 is 1.90 bits per heavy atom. The molecule has 1 fully saturated rings. The Balaban J connectivity index is 1.48. The van der Waals surface area contributed by atoms with Crippen LogP contribution in [0.3, 0.4) is 0 Å². The number of hydrogen-bond donors (Lipinski definition) is 3. The summed E-state index contributed by atoms with van der Waals surface area (Å²) in [5.41, 5.74) is 1.69. The molecule has 4 rings (SSSR count). The zero-order valence-corrected chi connectivity index (χ0v) is 17.3. The van der Waals surface area contributed by atoms with Gasteiger partial charge in [-0.15, -0.1) is 0 Å². The smallest absolute Gasteiger partial charge is 0.227 e. The number of nitrogens with zero attached hydrogens (tertiary/aromatic N) is 2. The number of anilines is 1. The van der Waals surface area contributed by atoms with Crippen LogP contribution in [0.25, 0.3) is 0 Å². The predicted molar refractivity (Wildman–Crippen MR) is 116 cm³/mol. The summed E-state index contributed by atoms with van der Waals surface area (Å²) >= 11 is 1.39. The van der Waals surface area contributed by atoms with E-state index in [1.807, 2.05) is 30.3 Å². The van der Waals surface area contributed by atoms with Crippen molar-refractivity contribution in [2.24, 2.45) is 10.9 Å². The first kappa shape index (κ1) is 20.8. The molecule has 0 bridgehead atoms. The third-order valence-corrected chi connectivity index (χ3v) is 6.85. The van der Waals surface area contributed by atoms with Crippen molar-refractivity contribution in [1.29, 1.82) is 0 Å². The maximum Gasteiger partial charge on any atom is 0.227 e. The number of thioether (sulfide) groups is 1. The van der Waals surface area contributed by atoms with E-state index in [9.17, 15) is 19.4 Å². The Bertz CT molecular complexity index is 925. The maximum absolute atomic E-state index is 13.2. The maximum atomic E-state index is 13.2. The van der Waals surface area contributed by atoms with Crippen molar-refractivity contribution in [3.63, 3.8) is 0 Å². The molecule has 1 aliphatic carbocycles. The van der Waals surface area contributed by atoms with Gasteiger partial charge in [-0.1, -0.05) is 42.1 Å². The molecule has 0 unspecified atom stereocenters. The summed E-state index contributed by atoms with van der Waals surface area (Å²) in [4.78, 5) is 19.4. The standard InChI is InChI=1S/C22H24FN3O3S/c1-26(12-13-5-3-2-4-6-13)21(29)16-11-17(27)19(28)18-20(16)30-22(25-18)24-15-9-7-14(23)8-10-15/h2-10,16-20,27-28H,11-12H2,1H3,(H,24,25)/t16-,17+,18-,19-,20+/m0/s1. The molecule has 6 nitrogen and oxygen atoms in total. The lowest BCUT2D eigenvalue weighted by Gasteiger charge is -2.38. The molecule has 1 saturated carbocycles. The molecule has 2 aromatic rings. The lowest BCUT2D eigenvalue weighted by molar-refractivity contribution is -0.139. The number of amidine groups is 1. The van der Waals surface area contributed by atoms with E-state index < -0.39 is 24.2 Å². The van der Waals surface area contributed by atoms with Gasteiger partial charge in [0.05, 0.1) is 18.1 Å². The number of hydrogen-bond acceptors (Lipinski definition) is 6. The van der Waals surface area contributed by atoms with Gasteiger partial charge in [-0.3, -0.25) is 9.79 Å². The lowest BCUT2D eigenvalue weighted by atomic mass is 9.80. The second-order valence-corrected chi connectivity index (χ2v) is 8.89. The van der Waals surface area contributed by atoms with Gasteiger partial charge in [0.15, 0.2) is 5.17 Å². The first-order valence-electron chi connectivity index (χ1n) is 9.84. The average Bonchev–Trinajstić information content (AvgIpc) is 3.16. The molecule has 2 aromatic carbocycles. The number of carbonyl (C=O) groups is 1. The highest BCUT2D eigenvalue weighted by molar-refractivity contribution is 8.15. The number of benzene rings is 2. The van der Waals surface area contributed by atoms with Gasteiger partial charge >= 0.3 is 0 Å². The van der Waals surface area contributed by atoms with E-state index in [1.165, 1.54) is 23.9 Å². The van der Waals surface area contributed by atoms with Gasteiger partial charge in [-0.05, 0) is 36.2 Å². The Kier molecular flexibility index (Phi) is 6.08. The SMILES string of the molecule is CN(Cc1ccccc1)C(=O)[C@H]1C[C@@H](O)[C@H](O)[C@@H]2N=C(Nc3ccc(F)cc3)S[C@@H]21. The fourth-order valence-corrected chi connectivity index (χ4v) is 5.34. The van der Waals surface area contributed by atoms with Crippen LogP contribution in [0.15, 0.2) is 59.6 Å². The molecule has 0 saturated heterocycles. The fourth-order valence-electron chi connectivity index (χ4n) is 3.97. The monoisotopic (exact) mass is 429 g/mol. The number of carbonyl (C=O) groups excluding carboxylic acids is 1. The third kappa shape index (κ3) is 4.35. The second kappa shape index (κ2) is 8.75. The highest BCUT2D eigenvalue weighted by atomic mass is 32.2. The summed E-state index contributed by atoms with van der Waals surface area (Å²) in [5.74, 6) is -0.880. The van der Waals surface area contributed by atoms with Crippen molar-refractivity contribution < 1.29 is 19.4 Å². The second-order valence-electron chi connectivity index (χ2n) is 7.72. The van der Waals surface area contributed by atoms with Gasteiger partial charge in [0.1, 0.15) is 11.9 Å². The van der Waals surface area contributed by atoms with Crippen LogP contribution in [0.1, 0.15) is 12.0 Å². The average molecular weight is 430 g/mol. The summed E-state index contributed by atoms with van der Waals surface area (Å²) in [6.07, 6.45) is -1.86. The van der Waals surface area contributed by atoms with Crippen LogP contribution in [-0.2, 0) is 11.3 Å². The Morgan fingerprint density at radius 1 is 1.20 bits per heavy atom. The predicted octanol–water partition coefficient (Wildman–Crippen LogP) is 2.48. The minimum Gasteiger partial charge on any atom is -0.390 e. The Morgan fingerprint density at radius 3 is 2.60 bits per heavy atom. The van der Waals surface area contributed by atoms with Gasteiger partial charge in [0, 0.05) is 24.5 Å². The summed E-state index contributed by atoms with van der Waals surface area (Å²) in [5, 5.41) is 24.2. The van der Waals surface area contributed by atoms with Crippen LogP contribution in [0.2, 0.25) is 0 Å². The number of aliphatic imine (C=N–C) groups is 1. The van der Waals surface area contributed by atoms with E-state index in [2.05, 4.69) is 10.3 Å². The van der Waals surface area contributed by atoms with Crippen LogP contribution < -0.4 is 5.32 Å². The first-order valence-corrected chi connectivity index (χ1v) is 10.7. The van der Waals surface area contributed by atoms with E-state index in [-0.39, 0.29) is 23.4 Å². The van der Waals surface area contributed by atoms with Crippen LogP contribution in [0.5, 0.6) is 0 Å². The van der Waals surface area contributed by atoms with Gasteiger partial charge in [0.2, 0.25) is 5.91 Å². The molecule has 8 heteroatoms. The van der Waals surface area contributed by atoms with E-state index >= 15 is 0 Å². The molecular weight excluding hydrogens is 405 g/mol. The van der Waals surface area contributed by atoms with Crippen molar-refractivity contribution >= 4 is 28.5 Å². The fraction of sp³-hybridized carbons (Fsp3) is 0.364. The quantitative estimate of drug-likeness (QED) is 0.695. The zero-order valence-electron chi connectivity index (χ0n) is 16.5. The molecule has 1 amide bonds. The number of amides is 1. The van der Waals surface area contributed by atoms with Crippen LogP contribution in [-0.4, -0.2) is 56.7 Å². The van der Waals surface area contributed by atoms with Crippen molar-refractivity contribution in [3.05, 3.63) is 66.0 Å². The largest absolute Gasteiger partial charge is 0.390 e. The van der Waals surface area contributed by atoms with E-state index in [0.29, 0.717) is 17.4 Å². The number of aliphatic hydroxyl groups is 2. The first-order chi connectivity index (χ1) is 14.4. The summed E-state index contributed by atoms with van der Waals surface area (Å²) in [6, 6.07) is 15.0. The lowest BCUT2D eigenvalue weighted by Crippen LogP contribution is -2.54. The van der Waals surface area contributed by atoms with Crippen LogP contribution in [0.4, 0.5) is 10.1 Å². The highest BCUT2D eigenvalue weighted by Crippen LogP contribution is 2.42. The molecular formula is C22H24FN3O3S.